The summed E-state index contributed by atoms with van der Waals surface area (Å²) >= 11 is 0. The number of aromatic amines is 1. The van der Waals surface area contributed by atoms with Gasteiger partial charge in [0.1, 0.15) is 11.6 Å². The number of halogens is 1. The standard InChI is InChI=1S/C25H24FN5O/c1-2-17-8-13-21(26)23(14-17)31(20-11-9-19(10-12-20)25(27)30-32)16-24-28-15-22(29-24)18-6-4-3-5-7-18/h3-15,32H,2,16H2,1H3,(H2,27,30)(H,28,29). The number of hydrogen-bond donors (Lipinski definition) is 3. The van der Waals surface area contributed by atoms with E-state index in [-0.39, 0.29) is 11.7 Å². The quantitative estimate of drug-likeness (QED) is 0.163. The molecule has 4 aromatic rings. The van der Waals surface area contributed by atoms with Crippen molar-refractivity contribution in [2.75, 3.05) is 4.90 Å². The van der Waals surface area contributed by atoms with Crippen molar-refractivity contribution < 1.29 is 9.60 Å². The first kappa shape index (κ1) is 21.1. The van der Waals surface area contributed by atoms with E-state index in [1.807, 2.05) is 66.6 Å². The summed E-state index contributed by atoms with van der Waals surface area (Å²) in [5.41, 5.74) is 10.3. The Labute approximate surface area is 185 Å². The van der Waals surface area contributed by atoms with E-state index in [0.717, 1.165) is 28.9 Å². The van der Waals surface area contributed by atoms with Gasteiger partial charge in [-0.1, -0.05) is 48.5 Å². The summed E-state index contributed by atoms with van der Waals surface area (Å²) in [4.78, 5) is 9.78. The summed E-state index contributed by atoms with van der Waals surface area (Å²) in [6.07, 6.45) is 2.64. The molecule has 0 atom stereocenters. The number of anilines is 2. The monoisotopic (exact) mass is 429 g/mol. The molecule has 0 aliphatic heterocycles. The number of nitrogens with zero attached hydrogens (tertiary/aromatic N) is 3. The molecular weight excluding hydrogens is 405 g/mol. The number of nitrogens with two attached hydrogens (primary N) is 1. The fourth-order valence-corrected chi connectivity index (χ4v) is 3.52. The van der Waals surface area contributed by atoms with Crippen LogP contribution in [-0.4, -0.2) is 21.0 Å². The van der Waals surface area contributed by atoms with Crippen molar-refractivity contribution in [3.05, 3.63) is 102 Å². The number of nitrogens with one attached hydrogen (secondary N) is 1. The predicted octanol–water partition coefficient (Wildman–Crippen LogP) is 5.21. The minimum absolute atomic E-state index is 0.0146. The van der Waals surface area contributed by atoms with Crippen LogP contribution < -0.4 is 10.6 Å². The van der Waals surface area contributed by atoms with Crippen molar-refractivity contribution in [2.45, 2.75) is 19.9 Å². The summed E-state index contributed by atoms with van der Waals surface area (Å²) in [7, 11) is 0. The van der Waals surface area contributed by atoms with Gasteiger partial charge in [0, 0.05) is 23.0 Å². The molecule has 0 bridgehead atoms. The Hall–Kier alpha value is -4.13. The Balaban J connectivity index is 1.72. The lowest BCUT2D eigenvalue weighted by Crippen LogP contribution is -2.19. The predicted molar refractivity (Wildman–Crippen MR) is 125 cm³/mol. The van der Waals surface area contributed by atoms with Crippen molar-refractivity contribution in [1.82, 2.24) is 9.97 Å². The number of oxime groups is 1. The lowest BCUT2D eigenvalue weighted by Gasteiger charge is -2.25. The second-order valence-electron chi connectivity index (χ2n) is 7.36. The van der Waals surface area contributed by atoms with Gasteiger partial charge in [-0.2, -0.15) is 0 Å². The molecule has 1 heterocycles. The zero-order valence-electron chi connectivity index (χ0n) is 17.7. The minimum Gasteiger partial charge on any atom is -0.409 e. The molecule has 32 heavy (non-hydrogen) atoms. The van der Waals surface area contributed by atoms with E-state index in [9.17, 15) is 4.39 Å². The Kier molecular flexibility index (Phi) is 6.17. The molecule has 7 heteroatoms. The minimum atomic E-state index is -0.322. The molecule has 3 aromatic carbocycles. The molecule has 0 saturated carbocycles. The SMILES string of the molecule is CCc1ccc(F)c(N(Cc2nc(-c3ccccc3)c[nH]2)c2ccc(C(N)=NO)cc2)c1. The highest BCUT2D eigenvalue weighted by molar-refractivity contribution is 5.97. The Morgan fingerprint density at radius 1 is 1.09 bits per heavy atom. The lowest BCUT2D eigenvalue weighted by molar-refractivity contribution is 0.318. The van der Waals surface area contributed by atoms with Crippen LogP contribution in [0.25, 0.3) is 11.3 Å². The number of aryl methyl sites for hydroxylation is 1. The van der Waals surface area contributed by atoms with Gasteiger partial charge in [-0.25, -0.2) is 9.37 Å². The maximum Gasteiger partial charge on any atom is 0.170 e. The molecule has 1 aromatic heterocycles. The number of aromatic nitrogens is 2. The number of rotatable bonds is 7. The Morgan fingerprint density at radius 2 is 1.84 bits per heavy atom. The zero-order valence-corrected chi connectivity index (χ0v) is 17.7. The van der Waals surface area contributed by atoms with Crippen LogP contribution in [0.5, 0.6) is 0 Å². The van der Waals surface area contributed by atoms with Crippen LogP contribution in [0.15, 0.2) is 84.1 Å². The third kappa shape index (κ3) is 4.46. The van der Waals surface area contributed by atoms with Crippen LogP contribution in [0.1, 0.15) is 23.9 Å². The second kappa shape index (κ2) is 9.34. The molecule has 0 radical (unpaired) electrons. The van der Waals surface area contributed by atoms with Crippen molar-refractivity contribution in [3.8, 4) is 11.3 Å². The van der Waals surface area contributed by atoms with Gasteiger partial charge in [0.05, 0.1) is 17.9 Å². The molecule has 4 rings (SSSR count). The van der Waals surface area contributed by atoms with Crippen LogP contribution in [-0.2, 0) is 13.0 Å². The van der Waals surface area contributed by atoms with Gasteiger partial charge in [-0.05, 0) is 48.4 Å². The van der Waals surface area contributed by atoms with E-state index in [1.165, 1.54) is 6.07 Å². The molecule has 0 aliphatic carbocycles. The number of hydrogen-bond acceptors (Lipinski definition) is 4. The molecule has 0 unspecified atom stereocenters. The summed E-state index contributed by atoms with van der Waals surface area (Å²) in [6.45, 7) is 2.37. The van der Waals surface area contributed by atoms with Crippen LogP contribution in [0.2, 0.25) is 0 Å². The van der Waals surface area contributed by atoms with E-state index in [4.69, 9.17) is 15.9 Å². The maximum absolute atomic E-state index is 14.9. The van der Waals surface area contributed by atoms with Crippen molar-refractivity contribution in [1.29, 1.82) is 0 Å². The molecule has 6 nitrogen and oxygen atoms in total. The first-order valence-electron chi connectivity index (χ1n) is 10.3. The normalized spacial score (nSPS) is 11.5. The first-order valence-corrected chi connectivity index (χ1v) is 10.3. The van der Waals surface area contributed by atoms with Gasteiger partial charge in [-0.3, -0.25) is 0 Å². The van der Waals surface area contributed by atoms with Gasteiger partial charge in [0.15, 0.2) is 5.84 Å². The summed E-state index contributed by atoms with van der Waals surface area (Å²) in [5, 5.41) is 12.0. The lowest BCUT2D eigenvalue weighted by atomic mass is 10.1. The molecule has 0 fully saturated rings. The Bertz CT molecular complexity index is 1220. The van der Waals surface area contributed by atoms with Gasteiger partial charge in [0.25, 0.3) is 0 Å². The molecule has 0 amide bonds. The molecule has 162 valence electrons. The zero-order chi connectivity index (χ0) is 22.5. The molecular formula is C25H24FN5O. The topological polar surface area (TPSA) is 90.5 Å². The summed E-state index contributed by atoms with van der Waals surface area (Å²) < 4.78 is 14.9. The molecule has 0 aliphatic rings. The molecule has 0 spiro atoms. The van der Waals surface area contributed by atoms with Crippen molar-refractivity contribution >= 4 is 17.2 Å². The number of H-pyrrole nitrogens is 1. The second-order valence-corrected chi connectivity index (χ2v) is 7.36. The fraction of sp³-hybridized carbons (Fsp3) is 0.120. The fourth-order valence-electron chi connectivity index (χ4n) is 3.52. The maximum atomic E-state index is 14.9. The summed E-state index contributed by atoms with van der Waals surface area (Å²) in [5.74, 6) is 0.393. The summed E-state index contributed by atoms with van der Waals surface area (Å²) in [6, 6.07) is 22.1. The van der Waals surface area contributed by atoms with E-state index in [2.05, 4.69) is 10.1 Å². The van der Waals surface area contributed by atoms with E-state index in [1.54, 1.807) is 18.2 Å². The van der Waals surface area contributed by atoms with Crippen LogP contribution in [0.3, 0.4) is 0 Å². The van der Waals surface area contributed by atoms with Crippen LogP contribution >= 0.6 is 0 Å². The van der Waals surface area contributed by atoms with Crippen LogP contribution in [0, 0.1) is 5.82 Å². The number of imidazole rings is 1. The molecule has 4 N–H and O–H groups in total. The van der Waals surface area contributed by atoms with Gasteiger partial charge in [0.2, 0.25) is 0 Å². The largest absolute Gasteiger partial charge is 0.409 e. The van der Waals surface area contributed by atoms with Crippen molar-refractivity contribution in [2.24, 2.45) is 10.9 Å². The molecule has 0 saturated heterocycles. The van der Waals surface area contributed by atoms with Gasteiger partial charge < -0.3 is 20.8 Å². The first-order chi connectivity index (χ1) is 15.6. The third-order valence-corrected chi connectivity index (χ3v) is 5.30. The smallest absolute Gasteiger partial charge is 0.170 e. The van der Waals surface area contributed by atoms with E-state index >= 15 is 0 Å². The number of benzene rings is 3. The van der Waals surface area contributed by atoms with Gasteiger partial charge >= 0.3 is 0 Å². The van der Waals surface area contributed by atoms with Gasteiger partial charge in [-0.15, -0.1) is 0 Å². The highest BCUT2D eigenvalue weighted by Gasteiger charge is 2.17. The average molecular weight is 429 g/mol. The Morgan fingerprint density at radius 3 is 2.53 bits per heavy atom. The van der Waals surface area contributed by atoms with Crippen LogP contribution in [0.4, 0.5) is 15.8 Å². The highest BCUT2D eigenvalue weighted by Crippen LogP contribution is 2.31. The van der Waals surface area contributed by atoms with Crippen molar-refractivity contribution in [3.63, 3.8) is 0 Å². The highest BCUT2D eigenvalue weighted by atomic mass is 19.1. The average Bonchev–Trinajstić information content (AvgIpc) is 3.32. The third-order valence-electron chi connectivity index (χ3n) is 5.30. The van der Waals surface area contributed by atoms with E-state index in [0.29, 0.717) is 23.6 Å². The number of amidine groups is 1. The van der Waals surface area contributed by atoms with E-state index < -0.39 is 0 Å².